The fourth-order valence-electron chi connectivity index (χ4n) is 1.58. The van der Waals surface area contributed by atoms with Crippen LogP contribution in [0.4, 0.5) is 0 Å². The van der Waals surface area contributed by atoms with Crippen LogP contribution in [0.15, 0.2) is 11.6 Å². The molecule has 0 radical (unpaired) electrons. The number of piperidine rings is 1. The number of rotatable bonds is 4. The maximum Gasteiger partial charge on any atom is 0.216 e. The van der Waals surface area contributed by atoms with Gasteiger partial charge in [0, 0.05) is 18.1 Å². The SMILES string of the molecule is Cl.O=C(COC1CCCNC1)c1nccs1. The summed E-state index contributed by atoms with van der Waals surface area (Å²) in [6.45, 7) is 2.06. The van der Waals surface area contributed by atoms with E-state index >= 15 is 0 Å². The van der Waals surface area contributed by atoms with Crippen molar-refractivity contribution in [1.82, 2.24) is 10.3 Å². The van der Waals surface area contributed by atoms with Crippen LogP contribution in [0.3, 0.4) is 0 Å². The summed E-state index contributed by atoms with van der Waals surface area (Å²) in [5.74, 6) is -0.0180. The Hall–Kier alpha value is -0.490. The van der Waals surface area contributed by atoms with E-state index in [1.54, 1.807) is 11.6 Å². The Morgan fingerprint density at radius 1 is 1.69 bits per heavy atom. The number of ketones is 1. The van der Waals surface area contributed by atoms with Crippen molar-refractivity contribution in [3.8, 4) is 0 Å². The molecule has 1 aliphatic rings. The lowest BCUT2D eigenvalue weighted by molar-refractivity contribution is 0.0347. The summed E-state index contributed by atoms with van der Waals surface area (Å²) < 4.78 is 5.52. The minimum absolute atomic E-state index is 0. The van der Waals surface area contributed by atoms with E-state index in [1.807, 2.05) is 0 Å². The maximum atomic E-state index is 11.6. The van der Waals surface area contributed by atoms with Gasteiger partial charge in [0.25, 0.3) is 0 Å². The van der Waals surface area contributed by atoms with Crippen molar-refractivity contribution in [2.45, 2.75) is 18.9 Å². The monoisotopic (exact) mass is 262 g/mol. The average molecular weight is 263 g/mol. The Morgan fingerprint density at radius 2 is 2.56 bits per heavy atom. The second kappa shape index (κ2) is 6.96. The predicted molar refractivity (Wildman–Crippen MR) is 65.5 cm³/mol. The topological polar surface area (TPSA) is 51.2 Å². The molecule has 1 aliphatic heterocycles. The van der Waals surface area contributed by atoms with Gasteiger partial charge in [0.1, 0.15) is 6.61 Å². The molecule has 4 nitrogen and oxygen atoms in total. The van der Waals surface area contributed by atoms with Crippen molar-refractivity contribution in [1.29, 1.82) is 0 Å². The van der Waals surface area contributed by atoms with Gasteiger partial charge in [0.15, 0.2) is 5.01 Å². The Morgan fingerprint density at radius 3 is 3.19 bits per heavy atom. The third-order valence-electron chi connectivity index (χ3n) is 2.37. The predicted octanol–water partition coefficient (Wildman–Crippen LogP) is 1.52. The molecule has 0 aliphatic carbocycles. The second-order valence-electron chi connectivity index (χ2n) is 3.54. The molecule has 16 heavy (non-hydrogen) atoms. The van der Waals surface area contributed by atoms with Crippen LogP contribution in [-0.2, 0) is 4.74 Å². The van der Waals surface area contributed by atoms with Gasteiger partial charge < -0.3 is 10.1 Å². The number of nitrogens with zero attached hydrogens (tertiary/aromatic N) is 1. The number of carbonyl (C=O) groups excluding carboxylic acids is 1. The van der Waals surface area contributed by atoms with Gasteiger partial charge in [-0.2, -0.15) is 0 Å². The molecule has 1 fully saturated rings. The molecular formula is C10H15ClN2O2S. The molecule has 1 aromatic rings. The number of aromatic nitrogens is 1. The van der Waals surface area contributed by atoms with Gasteiger partial charge in [-0.3, -0.25) is 4.79 Å². The molecule has 0 amide bonds. The summed E-state index contributed by atoms with van der Waals surface area (Å²) in [5.41, 5.74) is 0. The average Bonchev–Trinajstić information content (AvgIpc) is 2.81. The largest absolute Gasteiger partial charge is 0.369 e. The highest BCUT2D eigenvalue weighted by molar-refractivity contribution is 7.11. The van der Waals surface area contributed by atoms with Crippen LogP contribution in [0.25, 0.3) is 0 Å². The molecule has 0 saturated carbocycles. The molecule has 0 bridgehead atoms. The van der Waals surface area contributed by atoms with E-state index in [-0.39, 0.29) is 30.9 Å². The van der Waals surface area contributed by atoms with E-state index < -0.39 is 0 Å². The zero-order valence-corrected chi connectivity index (χ0v) is 10.5. The molecule has 2 heterocycles. The van der Waals surface area contributed by atoms with Crippen molar-refractivity contribution in [3.63, 3.8) is 0 Å². The van der Waals surface area contributed by atoms with Crippen molar-refractivity contribution in [2.75, 3.05) is 19.7 Å². The summed E-state index contributed by atoms with van der Waals surface area (Å²) in [6.07, 6.45) is 3.98. The van der Waals surface area contributed by atoms with Crippen molar-refractivity contribution in [2.24, 2.45) is 0 Å². The van der Waals surface area contributed by atoms with E-state index in [4.69, 9.17) is 4.74 Å². The molecule has 1 N–H and O–H groups in total. The van der Waals surface area contributed by atoms with Crippen LogP contribution in [0.1, 0.15) is 22.6 Å². The molecule has 6 heteroatoms. The summed E-state index contributed by atoms with van der Waals surface area (Å²) in [7, 11) is 0. The number of nitrogens with one attached hydrogen (secondary N) is 1. The van der Waals surface area contributed by atoms with Gasteiger partial charge in [-0.15, -0.1) is 23.7 Å². The van der Waals surface area contributed by atoms with Crippen LogP contribution >= 0.6 is 23.7 Å². The molecule has 0 aromatic carbocycles. The Balaban J connectivity index is 0.00000128. The Kier molecular flexibility index (Phi) is 5.90. The van der Waals surface area contributed by atoms with E-state index in [9.17, 15) is 4.79 Å². The zero-order valence-electron chi connectivity index (χ0n) is 8.85. The van der Waals surface area contributed by atoms with E-state index in [0.29, 0.717) is 5.01 Å². The van der Waals surface area contributed by atoms with Gasteiger partial charge in [0.2, 0.25) is 5.78 Å². The maximum absolute atomic E-state index is 11.6. The third-order valence-corrected chi connectivity index (χ3v) is 3.19. The van der Waals surface area contributed by atoms with Gasteiger partial charge in [-0.05, 0) is 19.4 Å². The summed E-state index contributed by atoms with van der Waals surface area (Å²) in [4.78, 5) is 15.5. The Bertz CT molecular complexity index is 313. The lowest BCUT2D eigenvalue weighted by atomic mass is 10.1. The first-order valence-electron chi connectivity index (χ1n) is 5.11. The van der Waals surface area contributed by atoms with Crippen LogP contribution in [0.2, 0.25) is 0 Å². The third kappa shape index (κ3) is 3.83. The standard InChI is InChI=1S/C10H14N2O2S.ClH/c13-9(10-12-4-5-15-10)7-14-8-2-1-3-11-6-8;/h4-5,8,11H,1-3,6-7H2;1H. The second-order valence-corrected chi connectivity index (χ2v) is 4.43. The first-order chi connectivity index (χ1) is 7.36. The zero-order chi connectivity index (χ0) is 10.5. The molecule has 90 valence electrons. The normalized spacial score (nSPS) is 20.1. The highest BCUT2D eigenvalue weighted by Crippen LogP contribution is 2.09. The van der Waals surface area contributed by atoms with Gasteiger partial charge in [-0.25, -0.2) is 4.98 Å². The smallest absolute Gasteiger partial charge is 0.216 e. The minimum Gasteiger partial charge on any atom is -0.369 e. The molecule has 1 aromatic heterocycles. The van der Waals surface area contributed by atoms with Crippen LogP contribution < -0.4 is 5.32 Å². The number of carbonyl (C=O) groups is 1. The van der Waals surface area contributed by atoms with Crippen molar-refractivity contribution >= 4 is 29.5 Å². The van der Waals surface area contributed by atoms with Crippen molar-refractivity contribution < 1.29 is 9.53 Å². The highest BCUT2D eigenvalue weighted by Gasteiger charge is 2.16. The van der Waals surface area contributed by atoms with Crippen LogP contribution in [-0.4, -0.2) is 36.6 Å². The van der Waals surface area contributed by atoms with Gasteiger partial charge in [-0.1, -0.05) is 0 Å². The number of hydrogen-bond donors (Lipinski definition) is 1. The number of ether oxygens (including phenoxy) is 1. The van der Waals surface area contributed by atoms with E-state index in [0.717, 1.165) is 25.9 Å². The van der Waals surface area contributed by atoms with Crippen molar-refractivity contribution in [3.05, 3.63) is 16.6 Å². The number of hydrogen-bond acceptors (Lipinski definition) is 5. The highest BCUT2D eigenvalue weighted by atomic mass is 35.5. The number of halogens is 1. The van der Waals surface area contributed by atoms with Crippen LogP contribution in [0, 0.1) is 0 Å². The van der Waals surface area contributed by atoms with E-state index in [2.05, 4.69) is 10.3 Å². The molecule has 1 atom stereocenters. The molecule has 2 rings (SSSR count). The lowest BCUT2D eigenvalue weighted by Crippen LogP contribution is -2.36. The number of Topliss-reactive ketones (excluding diaryl/α,β-unsaturated/α-hetero) is 1. The molecule has 1 saturated heterocycles. The first kappa shape index (κ1) is 13.6. The molecular weight excluding hydrogens is 248 g/mol. The molecule has 0 spiro atoms. The fraction of sp³-hybridized carbons (Fsp3) is 0.600. The number of thiazole rings is 1. The quantitative estimate of drug-likeness (QED) is 0.836. The molecule has 1 unspecified atom stereocenters. The summed E-state index contributed by atoms with van der Waals surface area (Å²) >= 11 is 1.36. The van der Waals surface area contributed by atoms with Gasteiger partial charge >= 0.3 is 0 Å². The lowest BCUT2D eigenvalue weighted by Gasteiger charge is -2.22. The minimum atomic E-state index is -0.0180. The van der Waals surface area contributed by atoms with Crippen LogP contribution in [0.5, 0.6) is 0 Å². The van der Waals surface area contributed by atoms with Gasteiger partial charge in [0.05, 0.1) is 6.10 Å². The summed E-state index contributed by atoms with van der Waals surface area (Å²) in [6, 6.07) is 0. The summed E-state index contributed by atoms with van der Waals surface area (Å²) in [5, 5.41) is 5.59. The fourth-order valence-corrected chi connectivity index (χ4v) is 2.14. The Labute approximate surface area is 105 Å². The van der Waals surface area contributed by atoms with E-state index in [1.165, 1.54) is 11.3 Å². The first-order valence-corrected chi connectivity index (χ1v) is 5.99.